The van der Waals surface area contributed by atoms with E-state index in [1.54, 1.807) is 0 Å². The number of nitrogens with zero attached hydrogens (tertiary/aromatic N) is 1. The fourth-order valence-corrected chi connectivity index (χ4v) is 7.35. The van der Waals surface area contributed by atoms with Crippen LogP contribution in [0.3, 0.4) is 0 Å². The van der Waals surface area contributed by atoms with Crippen LogP contribution < -0.4 is 4.74 Å². The highest BCUT2D eigenvalue weighted by Gasteiger charge is 2.21. The molecular weight excluding hydrogens is 534 g/mol. The Kier molecular flexibility index (Phi) is 4.75. The van der Waals surface area contributed by atoms with Crippen molar-refractivity contribution in [2.24, 2.45) is 0 Å². The first-order valence-electron chi connectivity index (χ1n) is 15.1. The van der Waals surface area contributed by atoms with E-state index in [1.165, 1.54) is 70.8 Å². The minimum atomic E-state index is 0.913. The molecule has 0 saturated heterocycles. The molecule has 2 heterocycles. The lowest BCUT2D eigenvalue weighted by atomic mass is 9.90. The molecule has 2 heteroatoms. The van der Waals surface area contributed by atoms with Gasteiger partial charge in [-0.2, -0.15) is 0 Å². The third-order valence-corrected chi connectivity index (χ3v) is 9.36. The second-order valence-electron chi connectivity index (χ2n) is 11.7. The summed E-state index contributed by atoms with van der Waals surface area (Å²) < 4.78 is 8.80. The monoisotopic (exact) mass is 559 g/mol. The number of rotatable bonds is 2. The van der Waals surface area contributed by atoms with Crippen LogP contribution in [-0.4, -0.2) is 4.57 Å². The van der Waals surface area contributed by atoms with Gasteiger partial charge in [-0.05, 0) is 74.6 Å². The predicted molar refractivity (Wildman–Crippen MR) is 184 cm³/mol. The molecule has 0 aliphatic carbocycles. The quantitative estimate of drug-likeness (QED) is 0.205. The standard InChI is InChI=1S/C42H25NO/c1-2-10-29-25-38-37(24-28(29)9-1)36-21-18-26-8-3-4-11-32(26)42(36)43(38)30-19-16-27(17-20-30)31-22-23-40-41-34(31)13-7-14-35(41)33-12-5-6-15-39(33)44-40/h1-25H. The minimum absolute atomic E-state index is 0.913. The van der Waals surface area contributed by atoms with Crippen LogP contribution in [0.5, 0.6) is 11.5 Å². The van der Waals surface area contributed by atoms with E-state index < -0.39 is 0 Å². The van der Waals surface area contributed by atoms with E-state index in [1.807, 2.05) is 12.1 Å². The van der Waals surface area contributed by atoms with Gasteiger partial charge in [-0.1, -0.05) is 115 Å². The summed E-state index contributed by atoms with van der Waals surface area (Å²) in [5.41, 5.74) is 8.39. The Bertz CT molecular complexity index is 2620. The number of ether oxygens (including phenoxy) is 1. The van der Waals surface area contributed by atoms with Crippen LogP contribution in [0.4, 0.5) is 0 Å². The molecule has 0 unspecified atom stereocenters. The van der Waals surface area contributed by atoms with Gasteiger partial charge in [0.1, 0.15) is 11.5 Å². The van der Waals surface area contributed by atoms with Gasteiger partial charge in [0, 0.05) is 32.8 Å². The number of para-hydroxylation sites is 1. The normalized spacial score (nSPS) is 12.3. The summed E-state index contributed by atoms with van der Waals surface area (Å²) >= 11 is 0. The third-order valence-electron chi connectivity index (χ3n) is 9.36. The van der Waals surface area contributed by atoms with Crippen molar-refractivity contribution >= 4 is 54.1 Å². The van der Waals surface area contributed by atoms with Gasteiger partial charge >= 0.3 is 0 Å². The van der Waals surface area contributed by atoms with Crippen LogP contribution in [-0.2, 0) is 0 Å². The molecule has 10 rings (SSSR count). The lowest BCUT2D eigenvalue weighted by Gasteiger charge is -2.22. The van der Waals surface area contributed by atoms with Crippen LogP contribution in [0.25, 0.3) is 82.1 Å². The maximum absolute atomic E-state index is 6.35. The first-order chi connectivity index (χ1) is 21.8. The third kappa shape index (κ3) is 3.25. The van der Waals surface area contributed by atoms with Crippen molar-refractivity contribution in [2.75, 3.05) is 0 Å². The Labute approximate surface area is 254 Å². The van der Waals surface area contributed by atoms with Crippen LogP contribution in [0.2, 0.25) is 0 Å². The van der Waals surface area contributed by atoms with Crippen LogP contribution in [0.1, 0.15) is 0 Å². The summed E-state index contributed by atoms with van der Waals surface area (Å²) in [6.45, 7) is 0. The van der Waals surface area contributed by atoms with E-state index in [0.717, 1.165) is 22.7 Å². The first kappa shape index (κ1) is 23.7. The molecule has 44 heavy (non-hydrogen) atoms. The van der Waals surface area contributed by atoms with E-state index in [9.17, 15) is 0 Å². The summed E-state index contributed by atoms with van der Waals surface area (Å²) in [5.74, 6) is 1.83. The fourth-order valence-electron chi connectivity index (χ4n) is 7.35. The Hall–Kier alpha value is -5.86. The average molecular weight is 560 g/mol. The zero-order valence-electron chi connectivity index (χ0n) is 23.8. The van der Waals surface area contributed by atoms with E-state index in [0.29, 0.717) is 0 Å². The zero-order chi connectivity index (χ0) is 28.8. The van der Waals surface area contributed by atoms with Crippen molar-refractivity contribution in [1.82, 2.24) is 4.57 Å². The van der Waals surface area contributed by atoms with E-state index >= 15 is 0 Å². The average Bonchev–Trinajstić information content (AvgIpc) is 3.41. The maximum Gasteiger partial charge on any atom is 0.135 e. The Morgan fingerprint density at radius 1 is 0.409 bits per heavy atom. The highest BCUT2D eigenvalue weighted by atomic mass is 16.5. The molecule has 0 atom stereocenters. The molecule has 0 radical (unpaired) electrons. The maximum atomic E-state index is 6.35. The molecule has 1 aromatic heterocycles. The molecule has 8 aromatic carbocycles. The van der Waals surface area contributed by atoms with E-state index in [-0.39, 0.29) is 0 Å². The lowest BCUT2D eigenvalue weighted by molar-refractivity contribution is 0.487. The number of fused-ring (bicyclic) bond motifs is 8. The molecule has 0 N–H and O–H groups in total. The van der Waals surface area contributed by atoms with Gasteiger partial charge in [0.05, 0.1) is 11.0 Å². The van der Waals surface area contributed by atoms with Crippen molar-refractivity contribution in [1.29, 1.82) is 0 Å². The van der Waals surface area contributed by atoms with Gasteiger partial charge < -0.3 is 9.30 Å². The lowest BCUT2D eigenvalue weighted by Crippen LogP contribution is -1.98. The summed E-state index contributed by atoms with van der Waals surface area (Å²) in [6.07, 6.45) is 0. The van der Waals surface area contributed by atoms with Gasteiger partial charge in [0.2, 0.25) is 0 Å². The summed E-state index contributed by atoms with van der Waals surface area (Å²) in [6, 6.07) is 54.9. The molecule has 2 nitrogen and oxygen atoms in total. The predicted octanol–water partition coefficient (Wildman–Crippen LogP) is 11.7. The highest BCUT2D eigenvalue weighted by Crippen LogP contribution is 2.48. The van der Waals surface area contributed by atoms with Gasteiger partial charge in [-0.3, -0.25) is 0 Å². The highest BCUT2D eigenvalue weighted by molar-refractivity contribution is 6.20. The topological polar surface area (TPSA) is 14.2 Å². The summed E-state index contributed by atoms with van der Waals surface area (Å²) in [4.78, 5) is 0. The van der Waals surface area contributed by atoms with Gasteiger partial charge in [0.25, 0.3) is 0 Å². The summed E-state index contributed by atoms with van der Waals surface area (Å²) in [5, 5.41) is 9.95. The minimum Gasteiger partial charge on any atom is -0.456 e. The van der Waals surface area contributed by atoms with Crippen LogP contribution in [0, 0.1) is 0 Å². The van der Waals surface area contributed by atoms with Crippen molar-refractivity contribution in [3.8, 4) is 39.4 Å². The second kappa shape index (κ2) is 8.82. The molecule has 204 valence electrons. The van der Waals surface area contributed by atoms with E-state index in [2.05, 4.69) is 144 Å². The second-order valence-corrected chi connectivity index (χ2v) is 11.7. The van der Waals surface area contributed by atoms with Crippen molar-refractivity contribution in [2.45, 2.75) is 0 Å². The van der Waals surface area contributed by atoms with Crippen LogP contribution in [0.15, 0.2) is 152 Å². The number of hydrogen-bond donors (Lipinski definition) is 0. The number of benzene rings is 8. The molecule has 0 saturated carbocycles. The smallest absolute Gasteiger partial charge is 0.135 e. The van der Waals surface area contributed by atoms with E-state index in [4.69, 9.17) is 4.74 Å². The zero-order valence-corrected chi connectivity index (χ0v) is 23.8. The Morgan fingerprint density at radius 2 is 1.14 bits per heavy atom. The van der Waals surface area contributed by atoms with Crippen LogP contribution >= 0.6 is 0 Å². The van der Waals surface area contributed by atoms with Crippen molar-refractivity contribution < 1.29 is 4.74 Å². The fraction of sp³-hybridized carbons (Fsp3) is 0. The molecule has 9 aromatic rings. The largest absolute Gasteiger partial charge is 0.456 e. The molecule has 1 aliphatic heterocycles. The molecular formula is C42H25NO. The Morgan fingerprint density at radius 3 is 2.02 bits per heavy atom. The molecule has 0 amide bonds. The first-order valence-corrected chi connectivity index (χ1v) is 15.1. The SMILES string of the molecule is c1ccc2c(c1)Oc1ccc(-c3ccc(-n4c5cc6ccccc6cc5c5ccc6ccccc6c54)cc3)c3cccc-2c13. The molecule has 1 aliphatic rings. The number of aromatic nitrogens is 1. The summed E-state index contributed by atoms with van der Waals surface area (Å²) in [7, 11) is 0. The van der Waals surface area contributed by atoms with Crippen molar-refractivity contribution in [3.05, 3.63) is 152 Å². The molecule has 0 spiro atoms. The number of hydrogen-bond acceptors (Lipinski definition) is 1. The van der Waals surface area contributed by atoms with Gasteiger partial charge in [0.15, 0.2) is 0 Å². The Balaban J connectivity index is 1.20. The van der Waals surface area contributed by atoms with Crippen molar-refractivity contribution in [3.63, 3.8) is 0 Å². The van der Waals surface area contributed by atoms with Gasteiger partial charge in [-0.25, -0.2) is 0 Å². The van der Waals surface area contributed by atoms with Gasteiger partial charge in [-0.15, -0.1) is 0 Å². The molecule has 0 bridgehead atoms. The molecule has 0 fully saturated rings.